The smallest absolute Gasteiger partial charge is 0.0950 e. The molecule has 0 amide bonds. The van der Waals surface area contributed by atoms with Crippen LogP contribution in [0.3, 0.4) is 0 Å². The lowest BCUT2D eigenvalue weighted by Gasteiger charge is -2.13. The predicted molar refractivity (Wildman–Crippen MR) is 71.6 cm³/mol. The standard InChI is InChI=1S/C12H13IN2O/c13-11-3-1-9(2-4-11)7-12(15-14)10-5-6-16-8-10/h1-6,8,12,15H,7,14H2. The number of hydrogen-bond acceptors (Lipinski definition) is 3. The summed E-state index contributed by atoms with van der Waals surface area (Å²) in [6, 6.07) is 10.5. The van der Waals surface area contributed by atoms with Crippen LogP contribution in [0.5, 0.6) is 0 Å². The summed E-state index contributed by atoms with van der Waals surface area (Å²) in [5.74, 6) is 5.55. The van der Waals surface area contributed by atoms with E-state index in [-0.39, 0.29) is 6.04 Å². The van der Waals surface area contributed by atoms with Crippen LogP contribution < -0.4 is 11.3 Å². The Hall–Kier alpha value is -0.850. The van der Waals surface area contributed by atoms with Gasteiger partial charge < -0.3 is 4.42 Å². The minimum Gasteiger partial charge on any atom is -0.472 e. The van der Waals surface area contributed by atoms with Crippen molar-refractivity contribution >= 4 is 22.6 Å². The lowest BCUT2D eigenvalue weighted by molar-refractivity contribution is 0.525. The summed E-state index contributed by atoms with van der Waals surface area (Å²) in [6.07, 6.45) is 4.23. The Morgan fingerprint density at radius 3 is 2.56 bits per heavy atom. The van der Waals surface area contributed by atoms with Crippen LogP contribution in [-0.4, -0.2) is 0 Å². The second-order valence-electron chi connectivity index (χ2n) is 3.61. The number of nitrogens with one attached hydrogen (secondary N) is 1. The fourth-order valence-corrected chi connectivity index (χ4v) is 1.96. The summed E-state index contributed by atoms with van der Waals surface area (Å²) in [6.45, 7) is 0. The third-order valence-electron chi connectivity index (χ3n) is 2.50. The molecule has 3 N–H and O–H groups in total. The van der Waals surface area contributed by atoms with Gasteiger partial charge in [-0.1, -0.05) is 12.1 Å². The van der Waals surface area contributed by atoms with Gasteiger partial charge in [0.25, 0.3) is 0 Å². The highest BCUT2D eigenvalue weighted by Crippen LogP contribution is 2.18. The maximum Gasteiger partial charge on any atom is 0.0950 e. The molecule has 84 valence electrons. The van der Waals surface area contributed by atoms with Crippen LogP contribution in [0.1, 0.15) is 17.2 Å². The summed E-state index contributed by atoms with van der Waals surface area (Å²) >= 11 is 2.29. The molecule has 1 heterocycles. The normalized spacial score (nSPS) is 12.6. The maximum absolute atomic E-state index is 5.55. The third-order valence-corrected chi connectivity index (χ3v) is 3.22. The first-order valence-electron chi connectivity index (χ1n) is 5.02. The average Bonchev–Trinajstić information content (AvgIpc) is 2.82. The fourth-order valence-electron chi connectivity index (χ4n) is 1.60. The highest BCUT2D eigenvalue weighted by Gasteiger charge is 2.11. The highest BCUT2D eigenvalue weighted by molar-refractivity contribution is 14.1. The van der Waals surface area contributed by atoms with Gasteiger partial charge in [-0.05, 0) is 52.8 Å². The van der Waals surface area contributed by atoms with E-state index in [1.54, 1.807) is 12.5 Å². The first-order chi connectivity index (χ1) is 7.79. The Morgan fingerprint density at radius 1 is 1.25 bits per heavy atom. The van der Waals surface area contributed by atoms with E-state index >= 15 is 0 Å². The molecular weight excluding hydrogens is 315 g/mol. The van der Waals surface area contributed by atoms with E-state index in [4.69, 9.17) is 10.3 Å². The second kappa shape index (κ2) is 5.47. The van der Waals surface area contributed by atoms with E-state index in [1.807, 2.05) is 6.07 Å². The molecule has 3 nitrogen and oxygen atoms in total. The molecule has 2 aromatic rings. The lowest BCUT2D eigenvalue weighted by atomic mass is 10.0. The van der Waals surface area contributed by atoms with Crippen molar-refractivity contribution in [3.63, 3.8) is 0 Å². The Bertz CT molecular complexity index is 425. The van der Waals surface area contributed by atoms with Gasteiger partial charge in [-0.2, -0.15) is 0 Å². The van der Waals surface area contributed by atoms with E-state index in [0.29, 0.717) is 0 Å². The van der Waals surface area contributed by atoms with Crippen LogP contribution in [0.4, 0.5) is 0 Å². The van der Waals surface area contributed by atoms with Gasteiger partial charge in [0.15, 0.2) is 0 Å². The molecule has 1 unspecified atom stereocenters. The van der Waals surface area contributed by atoms with Gasteiger partial charge in [-0.3, -0.25) is 11.3 Å². The van der Waals surface area contributed by atoms with Crippen molar-refractivity contribution in [1.29, 1.82) is 0 Å². The summed E-state index contributed by atoms with van der Waals surface area (Å²) < 4.78 is 6.30. The minimum absolute atomic E-state index is 0.0961. The van der Waals surface area contributed by atoms with Crippen LogP contribution in [0.25, 0.3) is 0 Å². The first-order valence-corrected chi connectivity index (χ1v) is 6.10. The summed E-state index contributed by atoms with van der Waals surface area (Å²) in [5, 5.41) is 0. The van der Waals surface area contributed by atoms with Gasteiger partial charge in [0.05, 0.1) is 18.6 Å². The second-order valence-corrected chi connectivity index (χ2v) is 4.85. The van der Waals surface area contributed by atoms with Crippen molar-refractivity contribution in [3.8, 4) is 0 Å². The number of furan rings is 1. The molecule has 4 heteroatoms. The lowest BCUT2D eigenvalue weighted by Crippen LogP contribution is -2.29. The fraction of sp³-hybridized carbons (Fsp3) is 0.167. The number of halogens is 1. The van der Waals surface area contributed by atoms with Gasteiger partial charge in [0.2, 0.25) is 0 Å². The van der Waals surface area contributed by atoms with Crippen LogP contribution in [0.15, 0.2) is 47.3 Å². The van der Waals surface area contributed by atoms with Crippen molar-refractivity contribution in [2.75, 3.05) is 0 Å². The molecular formula is C12H13IN2O. The zero-order valence-electron chi connectivity index (χ0n) is 8.69. The number of hydrazine groups is 1. The van der Waals surface area contributed by atoms with E-state index in [0.717, 1.165) is 12.0 Å². The molecule has 1 aromatic heterocycles. The van der Waals surface area contributed by atoms with Gasteiger partial charge in [-0.15, -0.1) is 0 Å². The van der Waals surface area contributed by atoms with Crippen molar-refractivity contribution < 1.29 is 4.42 Å². The topological polar surface area (TPSA) is 51.2 Å². The Labute approximate surface area is 108 Å². The molecule has 0 saturated carbocycles. The Kier molecular flexibility index (Phi) is 3.98. The highest BCUT2D eigenvalue weighted by atomic mass is 127. The zero-order valence-corrected chi connectivity index (χ0v) is 10.8. The molecule has 0 radical (unpaired) electrons. The van der Waals surface area contributed by atoms with Crippen molar-refractivity contribution in [1.82, 2.24) is 5.43 Å². The molecule has 0 fully saturated rings. The SMILES string of the molecule is NNC(Cc1ccc(I)cc1)c1ccoc1. The number of hydrogen-bond donors (Lipinski definition) is 2. The predicted octanol–water partition coefficient (Wildman–Crippen LogP) is 2.63. The van der Waals surface area contributed by atoms with Gasteiger partial charge in [0, 0.05) is 9.13 Å². The molecule has 16 heavy (non-hydrogen) atoms. The third kappa shape index (κ3) is 2.84. The van der Waals surface area contributed by atoms with E-state index in [2.05, 4.69) is 52.3 Å². The first kappa shape index (κ1) is 11.6. The molecule has 1 aromatic carbocycles. The number of rotatable bonds is 4. The summed E-state index contributed by atoms with van der Waals surface area (Å²) in [5.41, 5.74) is 5.13. The Balaban J connectivity index is 2.10. The average molecular weight is 328 g/mol. The van der Waals surface area contributed by atoms with Crippen LogP contribution >= 0.6 is 22.6 Å². The van der Waals surface area contributed by atoms with E-state index in [9.17, 15) is 0 Å². The molecule has 1 atom stereocenters. The molecule has 0 aliphatic heterocycles. The monoisotopic (exact) mass is 328 g/mol. The zero-order chi connectivity index (χ0) is 11.4. The number of benzene rings is 1. The summed E-state index contributed by atoms with van der Waals surface area (Å²) in [4.78, 5) is 0. The molecule has 0 spiro atoms. The van der Waals surface area contributed by atoms with Crippen molar-refractivity contribution in [2.45, 2.75) is 12.5 Å². The van der Waals surface area contributed by atoms with Gasteiger partial charge in [-0.25, -0.2) is 0 Å². The van der Waals surface area contributed by atoms with Gasteiger partial charge >= 0.3 is 0 Å². The van der Waals surface area contributed by atoms with Crippen LogP contribution in [0.2, 0.25) is 0 Å². The van der Waals surface area contributed by atoms with Crippen molar-refractivity contribution in [2.24, 2.45) is 5.84 Å². The quantitative estimate of drug-likeness (QED) is 0.515. The van der Waals surface area contributed by atoms with Crippen LogP contribution in [-0.2, 0) is 6.42 Å². The molecule has 0 saturated heterocycles. The summed E-state index contributed by atoms with van der Waals surface area (Å²) in [7, 11) is 0. The molecule has 0 aliphatic carbocycles. The van der Waals surface area contributed by atoms with E-state index in [1.165, 1.54) is 9.13 Å². The van der Waals surface area contributed by atoms with Crippen LogP contribution in [0, 0.1) is 3.57 Å². The number of nitrogens with two attached hydrogens (primary N) is 1. The molecule has 2 rings (SSSR count). The molecule has 0 bridgehead atoms. The largest absolute Gasteiger partial charge is 0.472 e. The maximum atomic E-state index is 5.55. The van der Waals surface area contributed by atoms with Crippen molar-refractivity contribution in [3.05, 3.63) is 57.6 Å². The Morgan fingerprint density at radius 2 is 2.00 bits per heavy atom. The molecule has 0 aliphatic rings. The minimum atomic E-state index is 0.0961. The van der Waals surface area contributed by atoms with Gasteiger partial charge in [0.1, 0.15) is 0 Å². The van der Waals surface area contributed by atoms with E-state index < -0.39 is 0 Å².